The van der Waals surface area contributed by atoms with Crippen LogP contribution in [0.3, 0.4) is 0 Å². The molecule has 0 aliphatic rings. The summed E-state index contributed by atoms with van der Waals surface area (Å²) in [6.45, 7) is 4.16. The molecule has 0 saturated heterocycles. The molecule has 0 aliphatic heterocycles. The standard InChI is InChI=1S/C24H28N2O3/c1-24(2,29-3)15-14-19-16-25-22(26-19)13-10-17-8-11-18(12-9-17)20-6-4-5-7-21(20)23(27)28/h4-9,11-12,16H,10,13-15H2,1-3H3,(H,25,26)(H,27,28). The molecule has 3 aromatic rings. The molecular formula is C24H28N2O3. The number of carbonyl (C=O) groups is 1. The van der Waals surface area contributed by atoms with E-state index in [2.05, 4.69) is 35.9 Å². The zero-order chi connectivity index (χ0) is 20.9. The van der Waals surface area contributed by atoms with Crippen molar-refractivity contribution < 1.29 is 14.6 Å². The number of benzene rings is 2. The fourth-order valence-corrected chi connectivity index (χ4v) is 3.23. The van der Waals surface area contributed by atoms with E-state index in [4.69, 9.17) is 4.74 Å². The number of aromatic amines is 1. The second-order valence-corrected chi connectivity index (χ2v) is 7.85. The van der Waals surface area contributed by atoms with Crippen LogP contribution < -0.4 is 0 Å². The molecule has 0 saturated carbocycles. The van der Waals surface area contributed by atoms with Crippen LogP contribution in [0.25, 0.3) is 11.1 Å². The molecule has 5 heteroatoms. The van der Waals surface area contributed by atoms with Gasteiger partial charge in [-0.25, -0.2) is 9.78 Å². The van der Waals surface area contributed by atoms with E-state index >= 15 is 0 Å². The zero-order valence-electron chi connectivity index (χ0n) is 17.2. The van der Waals surface area contributed by atoms with E-state index in [0.717, 1.165) is 48.3 Å². The molecule has 0 radical (unpaired) electrons. The Labute approximate surface area is 171 Å². The highest BCUT2D eigenvalue weighted by Crippen LogP contribution is 2.24. The lowest BCUT2D eigenvalue weighted by Crippen LogP contribution is -2.23. The Balaban J connectivity index is 1.60. The SMILES string of the molecule is COC(C)(C)CCc1c[nH]c(CCc2ccc(-c3ccccc3C(=O)O)cc2)n1. The quantitative estimate of drug-likeness (QED) is 0.542. The van der Waals surface area contributed by atoms with Crippen molar-refractivity contribution in [2.75, 3.05) is 7.11 Å². The molecule has 0 atom stereocenters. The third-order valence-corrected chi connectivity index (χ3v) is 5.29. The van der Waals surface area contributed by atoms with Crippen LogP contribution >= 0.6 is 0 Å². The molecule has 1 aromatic heterocycles. The van der Waals surface area contributed by atoms with Crippen LogP contribution in [0.1, 0.15) is 47.7 Å². The minimum absolute atomic E-state index is 0.139. The Hall–Kier alpha value is -2.92. The summed E-state index contributed by atoms with van der Waals surface area (Å²) in [7, 11) is 1.74. The number of nitrogens with one attached hydrogen (secondary N) is 1. The molecule has 5 nitrogen and oxygen atoms in total. The van der Waals surface area contributed by atoms with Gasteiger partial charge in [-0.1, -0.05) is 42.5 Å². The number of aromatic carboxylic acids is 1. The molecule has 3 rings (SSSR count). The van der Waals surface area contributed by atoms with E-state index < -0.39 is 5.97 Å². The molecule has 1 heterocycles. The Morgan fingerprint density at radius 2 is 1.79 bits per heavy atom. The monoisotopic (exact) mass is 392 g/mol. The maximum Gasteiger partial charge on any atom is 0.336 e. The summed E-state index contributed by atoms with van der Waals surface area (Å²) in [6, 6.07) is 15.2. The van der Waals surface area contributed by atoms with Gasteiger partial charge in [0.25, 0.3) is 0 Å². The van der Waals surface area contributed by atoms with Gasteiger partial charge < -0.3 is 14.8 Å². The van der Waals surface area contributed by atoms with E-state index in [1.165, 1.54) is 5.56 Å². The number of H-pyrrole nitrogens is 1. The van der Waals surface area contributed by atoms with Crippen molar-refractivity contribution >= 4 is 5.97 Å². The highest BCUT2D eigenvalue weighted by molar-refractivity contribution is 5.95. The Morgan fingerprint density at radius 1 is 1.07 bits per heavy atom. The maximum absolute atomic E-state index is 11.4. The van der Waals surface area contributed by atoms with Crippen molar-refractivity contribution in [2.24, 2.45) is 0 Å². The molecule has 2 N–H and O–H groups in total. The molecule has 0 bridgehead atoms. The van der Waals surface area contributed by atoms with Crippen LogP contribution in [0.15, 0.2) is 54.7 Å². The lowest BCUT2D eigenvalue weighted by Gasteiger charge is -2.21. The fraction of sp³-hybridized carbons (Fsp3) is 0.333. The number of nitrogens with zero attached hydrogens (tertiary/aromatic N) is 1. The van der Waals surface area contributed by atoms with Crippen LogP contribution in [0.2, 0.25) is 0 Å². The molecule has 0 spiro atoms. The van der Waals surface area contributed by atoms with E-state index in [-0.39, 0.29) is 5.60 Å². The minimum Gasteiger partial charge on any atom is -0.478 e. The van der Waals surface area contributed by atoms with Gasteiger partial charge in [-0.15, -0.1) is 0 Å². The second kappa shape index (κ2) is 9.05. The predicted molar refractivity (Wildman–Crippen MR) is 114 cm³/mol. The smallest absolute Gasteiger partial charge is 0.336 e. The lowest BCUT2D eigenvalue weighted by atomic mass is 9.98. The summed E-state index contributed by atoms with van der Waals surface area (Å²) in [5.41, 5.74) is 4.08. The molecule has 0 aliphatic carbocycles. The van der Waals surface area contributed by atoms with Gasteiger partial charge >= 0.3 is 5.97 Å². The number of rotatable bonds is 9. The van der Waals surface area contributed by atoms with Crippen molar-refractivity contribution in [3.63, 3.8) is 0 Å². The van der Waals surface area contributed by atoms with Crippen molar-refractivity contribution in [3.8, 4) is 11.1 Å². The van der Waals surface area contributed by atoms with Gasteiger partial charge in [-0.3, -0.25) is 0 Å². The number of hydrogen-bond acceptors (Lipinski definition) is 3. The summed E-state index contributed by atoms with van der Waals surface area (Å²) in [5, 5.41) is 9.37. The van der Waals surface area contributed by atoms with Gasteiger partial charge in [0.15, 0.2) is 0 Å². The van der Waals surface area contributed by atoms with E-state index in [0.29, 0.717) is 5.56 Å². The molecular weight excluding hydrogens is 364 g/mol. The zero-order valence-corrected chi connectivity index (χ0v) is 17.2. The molecule has 0 fully saturated rings. The summed E-state index contributed by atoms with van der Waals surface area (Å²) >= 11 is 0. The van der Waals surface area contributed by atoms with Gasteiger partial charge in [0.05, 0.1) is 16.9 Å². The number of imidazole rings is 1. The minimum atomic E-state index is -0.910. The van der Waals surface area contributed by atoms with Crippen LogP contribution in [-0.4, -0.2) is 33.8 Å². The van der Waals surface area contributed by atoms with Crippen LogP contribution in [-0.2, 0) is 24.0 Å². The molecule has 2 aromatic carbocycles. The molecule has 152 valence electrons. The van der Waals surface area contributed by atoms with Crippen LogP contribution in [0, 0.1) is 0 Å². The van der Waals surface area contributed by atoms with Crippen molar-refractivity contribution in [1.82, 2.24) is 9.97 Å². The third-order valence-electron chi connectivity index (χ3n) is 5.29. The maximum atomic E-state index is 11.4. The highest BCUT2D eigenvalue weighted by Gasteiger charge is 2.16. The molecule has 29 heavy (non-hydrogen) atoms. The summed E-state index contributed by atoms with van der Waals surface area (Å²) in [4.78, 5) is 19.4. The first kappa shape index (κ1) is 20.8. The Kier molecular flexibility index (Phi) is 6.49. The van der Waals surface area contributed by atoms with Crippen LogP contribution in [0.4, 0.5) is 0 Å². The van der Waals surface area contributed by atoms with Crippen molar-refractivity contribution in [2.45, 2.75) is 45.1 Å². The van der Waals surface area contributed by atoms with Gasteiger partial charge in [0.1, 0.15) is 5.82 Å². The first-order chi connectivity index (χ1) is 13.9. The number of aromatic nitrogens is 2. The molecule has 0 unspecified atom stereocenters. The number of methoxy groups -OCH3 is 1. The largest absolute Gasteiger partial charge is 0.478 e. The average Bonchev–Trinajstić information content (AvgIpc) is 3.19. The van der Waals surface area contributed by atoms with E-state index in [9.17, 15) is 9.90 Å². The number of carboxylic acid groups (broad SMARTS) is 1. The first-order valence-corrected chi connectivity index (χ1v) is 9.88. The van der Waals surface area contributed by atoms with E-state index in [1.54, 1.807) is 19.2 Å². The summed E-state index contributed by atoms with van der Waals surface area (Å²) in [6.07, 6.45) is 5.49. The van der Waals surface area contributed by atoms with Crippen molar-refractivity contribution in [3.05, 3.63) is 77.4 Å². The topological polar surface area (TPSA) is 75.2 Å². The highest BCUT2D eigenvalue weighted by atomic mass is 16.5. The van der Waals surface area contributed by atoms with Crippen LogP contribution in [0.5, 0.6) is 0 Å². The van der Waals surface area contributed by atoms with Gasteiger partial charge in [0, 0.05) is 19.7 Å². The Morgan fingerprint density at radius 3 is 2.48 bits per heavy atom. The van der Waals surface area contributed by atoms with Crippen molar-refractivity contribution in [1.29, 1.82) is 0 Å². The Bertz CT molecular complexity index is 958. The number of aryl methyl sites for hydroxylation is 3. The lowest BCUT2D eigenvalue weighted by molar-refractivity contribution is 0.0156. The second-order valence-electron chi connectivity index (χ2n) is 7.85. The molecule has 0 amide bonds. The summed E-state index contributed by atoms with van der Waals surface area (Å²) in [5.74, 6) is 0.0720. The van der Waals surface area contributed by atoms with Gasteiger partial charge in [-0.05, 0) is 55.9 Å². The van der Waals surface area contributed by atoms with E-state index in [1.807, 2.05) is 30.5 Å². The summed E-state index contributed by atoms with van der Waals surface area (Å²) < 4.78 is 5.46. The predicted octanol–water partition coefficient (Wildman–Crippen LogP) is 4.92. The van der Waals surface area contributed by atoms with Gasteiger partial charge in [-0.2, -0.15) is 0 Å². The van der Waals surface area contributed by atoms with Gasteiger partial charge in [0.2, 0.25) is 0 Å². The number of hydrogen-bond donors (Lipinski definition) is 2. The fourth-order valence-electron chi connectivity index (χ4n) is 3.23. The number of carboxylic acids is 1. The first-order valence-electron chi connectivity index (χ1n) is 9.88. The number of ether oxygens (including phenoxy) is 1. The average molecular weight is 392 g/mol. The third kappa shape index (κ3) is 5.55. The normalized spacial score (nSPS) is 11.6.